The molecule has 3 atom stereocenters. The van der Waals surface area contributed by atoms with E-state index < -0.39 is 11.9 Å². The van der Waals surface area contributed by atoms with Gasteiger partial charge in [0.2, 0.25) is 5.91 Å². The van der Waals surface area contributed by atoms with Gasteiger partial charge >= 0.3 is 6.09 Å². The van der Waals surface area contributed by atoms with Crippen molar-refractivity contribution in [2.45, 2.75) is 37.0 Å². The summed E-state index contributed by atoms with van der Waals surface area (Å²) in [7, 11) is 0. The zero-order chi connectivity index (χ0) is 24.6. The predicted octanol–water partition coefficient (Wildman–Crippen LogP) is 4.40. The summed E-state index contributed by atoms with van der Waals surface area (Å²) in [5, 5.41) is 12.0. The van der Waals surface area contributed by atoms with Crippen LogP contribution in [0.5, 0.6) is 0 Å². The molecule has 184 valence electrons. The highest BCUT2D eigenvalue weighted by molar-refractivity contribution is 9.10. The smallest absolute Gasteiger partial charge is 0.407 e. The molecule has 0 unspecified atom stereocenters. The minimum absolute atomic E-state index is 0.0562. The molecule has 11 heteroatoms. The molecule has 5 heterocycles. The summed E-state index contributed by atoms with van der Waals surface area (Å²) in [6.45, 7) is 3.74. The predicted molar refractivity (Wildman–Crippen MR) is 133 cm³/mol. The fourth-order valence-corrected chi connectivity index (χ4v) is 6.79. The summed E-state index contributed by atoms with van der Waals surface area (Å²) in [4.78, 5) is 32.4. The van der Waals surface area contributed by atoms with Crippen molar-refractivity contribution < 1.29 is 23.8 Å². The van der Waals surface area contributed by atoms with Crippen LogP contribution < -0.4 is 0 Å². The molecule has 1 aromatic carbocycles. The van der Waals surface area contributed by atoms with Gasteiger partial charge < -0.3 is 24.2 Å². The lowest BCUT2D eigenvalue weighted by Crippen LogP contribution is -2.44. The molecule has 1 saturated carbocycles. The molecule has 2 bridgehead atoms. The quantitative estimate of drug-likeness (QED) is 0.474. The number of carbonyl (C=O) groups is 2. The second-order valence-corrected chi connectivity index (χ2v) is 11.1. The Balaban J connectivity index is 1.62. The highest BCUT2D eigenvalue weighted by Crippen LogP contribution is 2.52. The monoisotopic (exact) mass is 562 g/mol. The van der Waals surface area contributed by atoms with Crippen molar-refractivity contribution in [1.82, 2.24) is 19.4 Å². The molecule has 35 heavy (non-hydrogen) atoms. The standard InChI is InChI=1S/C24H24BrFN4O4S/c1-11-5-14-20(19(26)18(11)25)27-23(35-2)15-7-13(9-28-3-4-34-10-17(28)31)30(22(14)15)21-12-6-16(21)29(8-12)24(32)33/h5,7,12,16,21H,3-4,6,8-10H2,1-2H3,(H,32,33)/t12-,16-,21+/m1/s1. The summed E-state index contributed by atoms with van der Waals surface area (Å²) in [5.74, 6) is -0.303. The number of carbonyl (C=O) groups excluding carboxylic acids is 1. The molecule has 2 aromatic heterocycles. The van der Waals surface area contributed by atoms with E-state index in [1.54, 1.807) is 4.90 Å². The first-order valence-corrected chi connectivity index (χ1v) is 13.5. The lowest BCUT2D eigenvalue weighted by atomic mass is 9.79. The van der Waals surface area contributed by atoms with Crippen molar-refractivity contribution in [3.05, 3.63) is 33.7 Å². The SMILES string of the molecule is CSc1nc2c(F)c(Br)c(C)cc2c2c1cc(CN1CCOCC1=O)n2[C@H]1[C@@H]2C[C@H]1N(C(=O)O)C2. The average molecular weight is 563 g/mol. The Morgan fingerprint density at radius 3 is 2.86 bits per heavy atom. The number of carboxylic acid groups (broad SMARTS) is 1. The zero-order valence-electron chi connectivity index (χ0n) is 19.3. The molecule has 1 aliphatic carbocycles. The fourth-order valence-electron chi connectivity index (χ4n) is 5.93. The molecule has 7 rings (SSSR count). The van der Waals surface area contributed by atoms with Crippen molar-refractivity contribution in [1.29, 1.82) is 0 Å². The van der Waals surface area contributed by atoms with E-state index in [4.69, 9.17) is 4.74 Å². The lowest BCUT2D eigenvalue weighted by molar-refractivity contribution is -0.143. The van der Waals surface area contributed by atoms with E-state index in [0.717, 1.165) is 28.6 Å². The maximum atomic E-state index is 15.4. The fraction of sp³-hybridized carbons (Fsp3) is 0.458. The number of aryl methyl sites for hydroxylation is 1. The molecule has 1 N–H and O–H groups in total. The number of hydrogen-bond acceptors (Lipinski definition) is 5. The van der Waals surface area contributed by atoms with Gasteiger partial charge in [0.05, 0.1) is 35.2 Å². The van der Waals surface area contributed by atoms with Gasteiger partial charge in [0.15, 0.2) is 5.82 Å². The molecule has 0 radical (unpaired) electrons. The van der Waals surface area contributed by atoms with E-state index in [1.807, 2.05) is 19.2 Å². The Kier molecular flexibility index (Phi) is 5.50. The van der Waals surface area contributed by atoms with Crippen LogP contribution in [0.4, 0.5) is 9.18 Å². The van der Waals surface area contributed by atoms with Crippen molar-refractivity contribution >= 4 is 61.5 Å². The normalized spacial score (nSPS) is 24.0. The van der Waals surface area contributed by atoms with E-state index in [1.165, 1.54) is 16.7 Å². The van der Waals surface area contributed by atoms with E-state index in [0.29, 0.717) is 41.1 Å². The minimum Gasteiger partial charge on any atom is -0.465 e. The van der Waals surface area contributed by atoms with Crippen LogP contribution in [0, 0.1) is 18.7 Å². The van der Waals surface area contributed by atoms with Gasteiger partial charge in [-0.25, -0.2) is 14.2 Å². The number of amides is 2. The van der Waals surface area contributed by atoms with Crippen LogP contribution in [-0.4, -0.2) is 75.1 Å². The van der Waals surface area contributed by atoms with E-state index >= 15 is 4.39 Å². The number of nitrogens with zero attached hydrogens (tertiary/aromatic N) is 4. The first kappa shape index (κ1) is 23.1. The van der Waals surface area contributed by atoms with Crippen LogP contribution >= 0.6 is 27.7 Å². The van der Waals surface area contributed by atoms with E-state index in [-0.39, 0.29) is 36.0 Å². The van der Waals surface area contributed by atoms with E-state index in [9.17, 15) is 14.7 Å². The molecule has 4 fully saturated rings. The topological polar surface area (TPSA) is 87.9 Å². The third-order valence-electron chi connectivity index (χ3n) is 7.60. The highest BCUT2D eigenvalue weighted by atomic mass is 79.9. The van der Waals surface area contributed by atoms with Crippen LogP contribution in [0.1, 0.15) is 23.7 Å². The molecular formula is C24H24BrFN4O4S. The summed E-state index contributed by atoms with van der Waals surface area (Å²) in [6, 6.07) is 3.78. The van der Waals surface area contributed by atoms with Gasteiger partial charge in [0, 0.05) is 35.5 Å². The number of benzene rings is 1. The second kappa shape index (κ2) is 8.35. The van der Waals surface area contributed by atoms with Crippen molar-refractivity contribution in [3.8, 4) is 0 Å². The Hall–Kier alpha value is -2.37. The van der Waals surface area contributed by atoms with Gasteiger partial charge in [-0.05, 0) is 53.2 Å². The minimum atomic E-state index is -0.913. The van der Waals surface area contributed by atoms with E-state index in [2.05, 4.69) is 31.5 Å². The molecule has 2 amide bonds. The molecular weight excluding hydrogens is 539 g/mol. The molecule has 3 aromatic rings. The van der Waals surface area contributed by atoms with Gasteiger partial charge in [0.1, 0.15) is 17.1 Å². The third kappa shape index (κ3) is 3.38. The summed E-state index contributed by atoms with van der Waals surface area (Å²) in [6.07, 6.45) is 1.81. The Morgan fingerprint density at radius 2 is 2.17 bits per heavy atom. The number of fused-ring (bicyclic) bond motifs is 4. The lowest BCUT2D eigenvalue weighted by Gasteiger charge is -2.39. The van der Waals surface area contributed by atoms with Crippen LogP contribution in [0.2, 0.25) is 0 Å². The number of aromatic nitrogens is 2. The Morgan fingerprint density at radius 1 is 1.37 bits per heavy atom. The van der Waals surface area contributed by atoms with Crippen LogP contribution in [0.3, 0.4) is 0 Å². The van der Waals surface area contributed by atoms with Gasteiger partial charge in [-0.1, -0.05) is 0 Å². The van der Waals surface area contributed by atoms with Crippen molar-refractivity contribution in [2.24, 2.45) is 5.92 Å². The Bertz CT molecular complexity index is 1410. The molecule has 4 aliphatic rings. The van der Waals surface area contributed by atoms with Crippen LogP contribution in [0.25, 0.3) is 21.8 Å². The van der Waals surface area contributed by atoms with Gasteiger partial charge in [-0.15, -0.1) is 11.8 Å². The number of ether oxygens (including phenoxy) is 1. The van der Waals surface area contributed by atoms with Crippen LogP contribution in [0.15, 0.2) is 21.6 Å². The van der Waals surface area contributed by atoms with Crippen LogP contribution in [-0.2, 0) is 16.1 Å². The highest BCUT2D eigenvalue weighted by Gasteiger charge is 2.55. The summed E-state index contributed by atoms with van der Waals surface area (Å²) < 4.78 is 23.3. The second-order valence-electron chi connectivity index (χ2n) is 9.46. The molecule has 0 spiro atoms. The number of morpholine rings is 1. The number of halogens is 2. The van der Waals surface area contributed by atoms with Gasteiger partial charge in [0.25, 0.3) is 0 Å². The van der Waals surface area contributed by atoms with Gasteiger partial charge in [-0.2, -0.15) is 0 Å². The third-order valence-corrected chi connectivity index (χ3v) is 9.28. The maximum absolute atomic E-state index is 15.4. The molecule has 3 saturated heterocycles. The summed E-state index contributed by atoms with van der Waals surface area (Å²) >= 11 is 4.81. The first-order chi connectivity index (χ1) is 16.8. The molecule has 8 nitrogen and oxygen atoms in total. The average Bonchev–Trinajstić information content (AvgIpc) is 3.52. The number of hydrogen-bond donors (Lipinski definition) is 1. The van der Waals surface area contributed by atoms with Crippen molar-refractivity contribution in [3.63, 3.8) is 0 Å². The van der Waals surface area contributed by atoms with Crippen molar-refractivity contribution in [2.75, 3.05) is 32.6 Å². The first-order valence-electron chi connectivity index (χ1n) is 11.5. The number of rotatable bonds is 4. The number of thioether (sulfide) groups is 1. The summed E-state index contributed by atoms with van der Waals surface area (Å²) in [5.41, 5.74) is 2.81. The zero-order valence-corrected chi connectivity index (χ0v) is 21.7. The maximum Gasteiger partial charge on any atom is 0.407 e. The molecule has 3 aliphatic heterocycles. The number of pyridine rings is 1. The largest absolute Gasteiger partial charge is 0.465 e. The van der Waals surface area contributed by atoms with Gasteiger partial charge in [-0.3, -0.25) is 4.79 Å². The Labute approximate surface area is 213 Å².